The monoisotopic (exact) mass is 237 g/mol. The SMILES string of the molecule is CC(C)OCC(N)c1noc(-c2cn[nH]c2)n1. The van der Waals surface area contributed by atoms with E-state index >= 15 is 0 Å². The summed E-state index contributed by atoms with van der Waals surface area (Å²) in [6.45, 7) is 4.25. The third-order valence-corrected chi connectivity index (χ3v) is 2.13. The number of aromatic amines is 1. The topological polar surface area (TPSA) is 103 Å². The Kier molecular flexibility index (Phi) is 3.50. The van der Waals surface area contributed by atoms with E-state index in [-0.39, 0.29) is 12.1 Å². The zero-order chi connectivity index (χ0) is 12.3. The predicted octanol–water partition coefficient (Wildman–Crippen LogP) is 0.885. The van der Waals surface area contributed by atoms with Gasteiger partial charge in [0.1, 0.15) is 0 Å². The highest BCUT2D eigenvalue weighted by atomic mass is 16.5. The first kappa shape index (κ1) is 11.7. The van der Waals surface area contributed by atoms with Gasteiger partial charge in [-0.25, -0.2) is 0 Å². The normalized spacial score (nSPS) is 13.2. The number of rotatable bonds is 5. The minimum atomic E-state index is -0.387. The zero-order valence-electron chi connectivity index (χ0n) is 9.75. The smallest absolute Gasteiger partial charge is 0.261 e. The summed E-state index contributed by atoms with van der Waals surface area (Å²) in [5.41, 5.74) is 6.61. The molecule has 92 valence electrons. The fourth-order valence-corrected chi connectivity index (χ4v) is 1.24. The van der Waals surface area contributed by atoms with Gasteiger partial charge in [-0.15, -0.1) is 0 Å². The van der Waals surface area contributed by atoms with Gasteiger partial charge in [0.05, 0.1) is 30.5 Å². The summed E-state index contributed by atoms with van der Waals surface area (Å²) >= 11 is 0. The van der Waals surface area contributed by atoms with E-state index in [1.807, 2.05) is 13.8 Å². The van der Waals surface area contributed by atoms with Gasteiger partial charge in [-0.2, -0.15) is 10.1 Å². The second-order valence-electron chi connectivity index (χ2n) is 3.93. The Morgan fingerprint density at radius 1 is 1.53 bits per heavy atom. The lowest BCUT2D eigenvalue weighted by Gasteiger charge is -2.10. The van der Waals surface area contributed by atoms with Crippen molar-refractivity contribution in [1.82, 2.24) is 20.3 Å². The van der Waals surface area contributed by atoms with Crippen LogP contribution in [0.2, 0.25) is 0 Å². The van der Waals surface area contributed by atoms with Crippen molar-refractivity contribution in [2.24, 2.45) is 5.73 Å². The standard InChI is InChI=1S/C10H15N5O2/c1-6(2)16-5-8(11)9-14-10(17-15-9)7-3-12-13-4-7/h3-4,6,8H,5,11H2,1-2H3,(H,12,13). The van der Waals surface area contributed by atoms with Crippen molar-refractivity contribution in [2.45, 2.75) is 26.0 Å². The number of hydrogen-bond acceptors (Lipinski definition) is 6. The third kappa shape index (κ3) is 2.89. The number of H-pyrrole nitrogens is 1. The van der Waals surface area contributed by atoms with Gasteiger partial charge in [-0.05, 0) is 13.8 Å². The quantitative estimate of drug-likeness (QED) is 0.800. The highest BCUT2D eigenvalue weighted by Crippen LogP contribution is 2.17. The van der Waals surface area contributed by atoms with E-state index in [4.69, 9.17) is 15.0 Å². The van der Waals surface area contributed by atoms with E-state index in [0.717, 1.165) is 5.56 Å². The fraction of sp³-hybridized carbons (Fsp3) is 0.500. The first-order valence-electron chi connectivity index (χ1n) is 5.36. The number of aromatic nitrogens is 4. The molecule has 0 saturated heterocycles. The largest absolute Gasteiger partial charge is 0.377 e. The first-order chi connectivity index (χ1) is 8.16. The van der Waals surface area contributed by atoms with Crippen molar-refractivity contribution < 1.29 is 9.26 Å². The van der Waals surface area contributed by atoms with Crippen LogP contribution in [0.25, 0.3) is 11.5 Å². The number of ether oxygens (including phenoxy) is 1. The van der Waals surface area contributed by atoms with Gasteiger partial charge in [-0.1, -0.05) is 5.16 Å². The average Bonchev–Trinajstić information content (AvgIpc) is 2.94. The van der Waals surface area contributed by atoms with Gasteiger partial charge >= 0.3 is 0 Å². The zero-order valence-corrected chi connectivity index (χ0v) is 9.75. The van der Waals surface area contributed by atoms with Crippen molar-refractivity contribution in [3.63, 3.8) is 0 Å². The molecule has 0 aliphatic carbocycles. The van der Waals surface area contributed by atoms with E-state index in [0.29, 0.717) is 18.3 Å². The highest BCUT2D eigenvalue weighted by Gasteiger charge is 2.16. The lowest BCUT2D eigenvalue weighted by Crippen LogP contribution is -2.20. The summed E-state index contributed by atoms with van der Waals surface area (Å²) in [4.78, 5) is 4.19. The molecule has 2 rings (SSSR count). The van der Waals surface area contributed by atoms with Crippen LogP contribution in [0.4, 0.5) is 0 Å². The van der Waals surface area contributed by atoms with Crippen LogP contribution in [-0.2, 0) is 4.74 Å². The summed E-state index contributed by atoms with van der Waals surface area (Å²) in [5, 5.41) is 10.3. The minimum Gasteiger partial charge on any atom is -0.377 e. The van der Waals surface area contributed by atoms with E-state index < -0.39 is 0 Å². The third-order valence-electron chi connectivity index (χ3n) is 2.13. The summed E-state index contributed by atoms with van der Waals surface area (Å²) in [6.07, 6.45) is 3.40. The molecular formula is C10H15N5O2. The molecule has 2 aromatic rings. The van der Waals surface area contributed by atoms with Crippen molar-refractivity contribution in [2.75, 3.05) is 6.61 Å². The molecule has 3 N–H and O–H groups in total. The second kappa shape index (κ2) is 5.07. The van der Waals surface area contributed by atoms with Gasteiger partial charge in [0.2, 0.25) is 0 Å². The number of nitrogens with one attached hydrogen (secondary N) is 1. The molecule has 0 spiro atoms. The Morgan fingerprint density at radius 2 is 2.35 bits per heavy atom. The summed E-state index contributed by atoms with van der Waals surface area (Å²) in [6, 6.07) is -0.387. The van der Waals surface area contributed by atoms with Gasteiger partial charge in [-0.3, -0.25) is 5.10 Å². The second-order valence-corrected chi connectivity index (χ2v) is 3.93. The molecule has 0 fully saturated rings. The highest BCUT2D eigenvalue weighted by molar-refractivity contribution is 5.49. The maximum atomic E-state index is 5.88. The lowest BCUT2D eigenvalue weighted by atomic mass is 10.3. The maximum absolute atomic E-state index is 5.88. The first-order valence-corrected chi connectivity index (χ1v) is 5.36. The lowest BCUT2D eigenvalue weighted by molar-refractivity contribution is 0.0665. The molecule has 2 heterocycles. The Balaban J connectivity index is 2.03. The molecule has 0 bridgehead atoms. The van der Waals surface area contributed by atoms with Crippen molar-refractivity contribution >= 4 is 0 Å². The molecular weight excluding hydrogens is 222 g/mol. The van der Waals surface area contributed by atoms with Crippen LogP contribution < -0.4 is 5.73 Å². The molecule has 0 aliphatic heterocycles. The number of nitrogens with two attached hydrogens (primary N) is 1. The molecule has 0 amide bonds. The van der Waals surface area contributed by atoms with Crippen molar-refractivity contribution in [3.05, 3.63) is 18.2 Å². The van der Waals surface area contributed by atoms with Crippen LogP contribution >= 0.6 is 0 Å². The molecule has 0 radical (unpaired) electrons. The van der Waals surface area contributed by atoms with Crippen LogP contribution in [0.15, 0.2) is 16.9 Å². The maximum Gasteiger partial charge on any atom is 0.261 e. The summed E-state index contributed by atoms with van der Waals surface area (Å²) in [5.74, 6) is 0.829. The van der Waals surface area contributed by atoms with Crippen LogP contribution in [0.3, 0.4) is 0 Å². The fourth-order valence-electron chi connectivity index (χ4n) is 1.24. The van der Waals surface area contributed by atoms with E-state index in [9.17, 15) is 0 Å². The number of hydrogen-bond donors (Lipinski definition) is 2. The van der Waals surface area contributed by atoms with Gasteiger partial charge in [0.15, 0.2) is 5.82 Å². The molecule has 1 unspecified atom stereocenters. The van der Waals surface area contributed by atoms with Crippen molar-refractivity contribution in [1.29, 1.82) is 0 Å². The average molecular weight is 237 g/mol. The molecule has 2 aromatic heterocycles. The minimum absolute atomic E-state index is 0.126. The van der Waals surface area contributed by atoms with Crippen LogP contribution in [0, 0.1) is 0 Å². The molecule has 0 aliphatic rings. The van der Waals surface area contributed by atoms with Crippen LogP contribution in [0.5, 0.6) is 0 Å². The van der Waals surface area contributed by atoms with E-state index in [2.05, 4.69) is 20.3 Å². The summed E-state index contributed by atoms with van der Waals surface area (Å²) < 4.78 is 10.5. The predicted molar refractivity (Wildman–Crippen MR) is 59.9 cm³/mol. The molecule has 17 heavy (non-hydrogen) atoms. The van der Waals surface area contributed by atoms with Crippen LogP contribution in [-0.4, -0.2) is 33.0 Å². The van der Waals surface area contributed by atoms with Gasteiger partial charge in [0.25, 0.3) is 5.89 Å². The summed E-state index contributed by atoms with van der Waals surface area (Å²) in [7, 11) is 0. The van der Waals surface area contributed by atoms with Gasteiger partial charge in [0, 0.05) is 6.20 Å². The Morgan fingerprint density at radius 3 is 3.00 bits per heavy atom. The van der Waals surface area contributed by atoms with Crippen molar-refractivity contribution in [3.8, 4) is 11.5 Å². The number of nitrogens with zero attached hydrogens (tertiary/aromatic N) is 3. The molecule has 0 saturated carbocycles. The molecule has 1 atom stereocenters. The van der Waals surface area contributed by atoms with E-state index in [1.54, 1.807) is 12.4 Å². The molecule has 0 aromatic carbocycles. The molecule has 7 heteroatoms. The Labute approximate surface area is 98.3 Å². The Hall–Kier alpha value is -1.73. The Bertz CT molecular complexity index is 451. The molecule has 7 nitrogen and oxygen atoms in total. The van der Waals surface area contributed by atoms with Crippen LogP contribution in [0.1, 0.15) is 25.7 Å². The van der Waals surface area contributed by atoms with E-state index in [1.165, 1.54) is 0 Å². The van der Waals surface area contributed by atoms with Gasteiger partial charge < -0.3 is 15.0 Å².